The Morgan fingerprint density at radius 1 is 1.04 bits per heavy atom. The molecule has 4 heteroatoms. The fourth-order valence-electron chi connectivity index (χ4n) is 2.95. The topological polar surface area (TPSA) is 49.5 Å². The predicted octanol–water partition coefficient (Wildman–Crippen LogP) is 5.12. The standard InChI is InChI=1S/C22H26N2O2/c1-4-5-7-16-10-12-17(13-11-16)21-22(18-8-6-9-19(25)14-18)26-20(23-21)15-24(2)3/h6,8-14,25H,4-5,7,15H2,1-3H3. The van der Waals surface area contributed by atoms with Crippen LogP contribution in [0.5, 0.6) is 5.75 Å². The van der Waals surface area contributed by atoms with Crippen LogP contribution in [-0.4, -0.2) is 29.1 Å². The van der Waals surface area contributed by atoms with Gasteiger partial charge in [-0.25, -0.2) is 4.98 Å². The number of nitrogens with zero attached hydrogens (tertiary/aromatic N) is 2. The Hall–Kier alpha value is -2.59. The zero-order chi connectivity index (χ0) is 18.5. The van der Waals surface area contributed by atoms with E-state index < -0.39 is 0 Å². The van der Waals surface area contributed by atoms with Gasteiger partial charge in [0.1, 0.15) is 11.4 Å². The second-order valence-electron chi connectivity index (χ2n) is 6.87. The highest BCUT2D eigenvalue weighted by Gasteiger charge is 2.17. The minimum absolute atomic E-state index is 0.217. The third-order valence-corrected chi connectivity index (χ3v) is 4.28. The van der Waals surface area contributed by atoms with Crippen LogP contribution in [-0.2, 0) is 13.0 Å². The summed E-state index contributed by atoms with van der Waals surface area (Å²) in [5.74, 6) is 1.58. The van der Waals surface area contributed by atoms with Crippen LogP contribution < -0.4 is 0 Å². The number of phenolic OH excluding ortho intramolecular Hbond substituents is 1. The maximum atomic E-state index is 9.84. The fraction of sp³-hybridized carbons (Fsp3) is 0.318. The van der Waals surface area contributed by atoms with E-state index in [1.54, 1.807) is 12.1 Å². The summed E-state index contributed by atoms with van der Waals surface area (Å²) < 4.78 is 6.05. The average molecular weight is 350 g/mol. The van der Waals surface area contributed by atoms with E-state index in [2.05, 4.69) is 31.2 Å². The Morgan fingerprint density at radius 2 is 1.81 bits per heavy atom. The van der Waals surface area contributed by atoms with Gasteiger partial charge in [-0.1, -0.05) is 49.7 Å². The van der Waals surface area contributed by atoms with Crippen LogP contribution in [0.4, 0.5) is 0 Å². The third-order valence-electron chi connectivity index (χ3n) is 4.28. The number of hydrogen-bond donors (Lipinski definition) is 1. The fourth-order valence-corrected chi connectivity index (χ4v) is 2.95. The van der Waals surface area contributed by atoms with Crippen LogP contribution in [0.25, 0.3) is 22.6 Å². The SMILES string of the molecule is CCCCc1ccc(-c2nc(CN(C)C)oc2-c2cccc(O)c2)cc1. The number of hydrogen-bond acceptors (Lipinski definition) is 4. The number of aromatic hydroxyl groups is 1. The zero-order valence-corrected chi connectivity index (χ0v) is 15.7. The van der Waals surface area contributed by atoms with E-state index in [4.69, 9.17) is 9.40 Å². The predicted molar refractivity (Wildman–Crippen MR) is 105 cm³/mol. The van der Waals surface area contributed by atoms with Crippen molar-refractivity contribution >= 4 is 0 Å². The molecule has 3 rings (SSSR count). The van der Waals surface area contributed by atoms with Gasteiger partial charge in [-0.2, -0.15) is 0 Å². The van der Waals surface area contributed by atoms with Crippen molar-refractivity contribution < 1.29 is 9.52 Å². The molecule has 4 nitrogen and oxygen atoms in total. The molecule has 0 aliphatic heterocycles. The molecule has 1 N–H and O–H groups in total. The van der Waals surface area contributed by atoms with Crippen molar-refractivity contribution in [1.82, 2.24) is 9.88 Å². The Bertz CT molecular complexity index is 851. The molecule has 1 aromatic heterocycles. The Labute approximate surface area is 155 Å². The smallest absolute Gasteiger partial charge is 0.209 e. The number of oxazole rings is 1. The highest BCUT2D eigenvalue weighted by Crippen LogP contribution is 2.34. The van der Waals surface area contributed by atoms with Crippen molar-refractivity contribution in [3.8, 4) is 28.3 Å². The molecule has 0 fully saturated rings. The van der Waals surface area contributed by atoms with Crippen LogP contribution >= 0.6 is 0 Å². The first kappa shape index (κ1) is 18.2. The van der Waals surface area contributed by atoms with Crippen molar-refractivity contribution in [3.63, 3.8) is 0 Å². The van der Waals surface area contributed by atoms with Gasteiger partial charge < -0.3 is 14.4 Å². The van der Waals surface area contributed by atoms with E-state index in [1.807, 2.05) is 31.1 Å². The number of phenols is 1. The molecule has 0 amide bonds. The van der Waals surface area contributed by atoms with Gasteiger partial charge in [0.15, 0.2) is 5.76 Å². The van der Waals surface area contributed by atoms with Crippen molar-refractivity contribution in [1.29, 1.82) is 0 Å². The quantitative estimate of drug-likeness (QED) is 0.642. The summed E-state index contributed by atoms with van der Waals surface area (Å²) in [4.78, 5) is 6.75. The summed E-state index contributed by atoms with van der Waals surface area (Å²) >= 11 is 0. The molecule has 0 radical (unpaired) electrons. The molecule has 0 unspecified atom stereocenters. The monoisotopic (exact) mass is 350 g/mol. The third kappa shape index (κ3) is 4.33. The van der Waals surface area contributed by atoms with Gasteiger partial charge in [-0.3, -0.25) is 0 Å². The molecule has 136 valence electrons. The first-order valence-electron chi connectivity index (χ1n) is 9.10. The van der Waals surface area contributed by atoms with Crippen molar-refractivity contribution in [2.45, 2.75) is 32.7 Å². The first-order chi connectivity index (χ1) is 12.6. The molecule has 0 bridgehead atoms. The van der Waals surface area contributed by atoms with Crippen molar-refractivity contribution in [2.24, 2.45) is 0 Å². The maximum Gasteiger partial charge on any atom is 0.209 e. The summed E-state index contributed by atoms with van der Waals surface area (Å²) in [5.41, 5.74) is 4.01. The average Bonchev–Trinajstić information content (AvgIpc) is 3.03. The number of aryl methyl sites for hydroxylation is 1. The summed E-state index contributed by atoms with van der Waals surface area (Å²) in [5, 5.41) is 9.84. The van der Waals surface area contributed by atoms with Crippen molar-refractivity contribution in [2.75, 3.05) is 14.1 Å². The van der Waals surface area contributed by atoms with E-state index in [0.29, 0.717) is 18.2 Å². The van der Waals surface area contributed by atoms with Gasteiger partial charge in [0.2, 0.25) is 5.89 Å². The second-order valence-corrected chi connectivity index (χ2v) is 6.87. The molecule has 1 heterocycles. The summed E-state index contributed by atoms with van der Waals surface area (Å²) in [6.07, 6.45) is 3.49. The number of benzene rings is 2. The molecule has 0 atom stereocenters. The largest absolute Gasteiger partial charge is 0.508 e. The van der Waals surface area contributed by atoms with Crippen LogP contribution in [0.2, 0.25) is 0 Å². The van der Waals surface area contributed by atoms with E-state index >= 15 is 0 Å². The molecular weight excluding hydrogens is 324 g/mol. The molecule has 0 saturated heterocycles. The summed E-state index contributed by atoms with van der Waals surface area (Å²) in [6.45, 7) is 2.83. The van der Waals surface area contributed by atoms with Gasteiger partial charge in [0.25, 0.3) is 0 Å². The molecule has 0 aliphatic rings. The lowest BCUT2D eigenvalue weighted by atomic mass is 10.0. The maximum absolute atomic E-state index is 9.84. The van der Waals surface area contributed by atoms with Gasteiger partial charge in [-0.05, 0) is 44.6 Å². The highest BCUT2D eigenvalue weighted by atomic mass is 16.4. The lowest BCUT2D eigenvalue weighted by Gasteiger charge is -2.04. The minimum atomic E-state index is 0.217. The van der Waals surface area contributed by atoms with Gasteiger partial charge in [0.05, 0.1) is 6.54 Å². The number of unbranched alkanes of at least 4 members (excludes halogenated alkanes) is 1. The molecule has 0 spiro atoms. The summed E-state index contributed by atoms with van der Waals surface area (Å²) in [7, 11) is 3.97. The lowest BCUT2D eigenvalue weighted by Crippen LogP contribution is -2.10. The minimum Gasteiger partial charge on any atom is -0.508 e. The van der Waals surface area contributed by atoms with Crippen molar-refractivity contribution in [3.05, 3.63) is 60.0 Å². The number of rotatable bonds is 7. The second kappa shape index (κ2) is 8.19. The molecule has 26 heavy (non-hydrogen) atoms. The van der Waals surface area contributed by atoms with Gasteiger partial charge in [0, 0.05) is 11.1 Å². The van der Waals surface area contributed by atoms with Crippen LogP contribution in [0, 0.1) is 0 Å². The lowest BCUT2D eigenvalue weighted by molar-refractivity contribution is 0.344. The molecule has 3 aromatic rings. The highest BCUT2D eigenvalue weighted by molar-refractivity contribution is 5.77. The zero-order valence-electron chi connectivity index (χ0n) is 15.7. The van der Waals surface area contributed by atoms with Crippen LogP contribution in [0.3, 0.4) is 0 Å². The van der Waals surface area contributed by atoms with E-state index in [-0.39, 0.29) is 5.75 Å². The van der Waals surface area contributed by atoms with E-state index in [1.165, 1.54) is 18.4 Å². The molecule has 0 aliphatic carbocycles. The normalized spacial score (nSPS) is 11.2. The Kier molecular flexibility index (Phi) is 5.74. The number of aromatic nitrogens is 1. The van der Waals surface area contributed by atoms with Crippen LogP contribution in [0.15, 0.2) is 52.9 Å². The van der Waals surface area contributed by atoms with Gasteiger partial charge in [-0.15, -0.1) is 0 Å². The van der Waals surface area contributed by atoms with E-state index in [9.17, 15) is 5.11 Å². The Balaban J connectivity index is 2.00. The first-order valence-corrected chi connectivity index (χ1v) is 9.10. The van der Waals surface area contributed by atoms with E-state index in [0.717, 1.165) is 23.2 Å². The summed E-state index contributed by atoms with van der Waals surface area (Å²) in [6, 6.07) is 15.6. The van der Waals surface area contributed by atoms with Crippen LogP contribution in [0.1, 0.15) is 31.2 Å². The Morgan fingerprint density at radius 3 is 2.46 bits per heavy atom. The molecule has 2 aromatic carbocycles. The molecule has 0 saturated carbocycles. The van der Waals surface area contributed by atoms with Gasteiger partial charge >= 0.3 is 0 Å². The molecular formula is C22H26N2O2.